The topological polar surface area (TPSA) is 83.5 Å². The van der Waals surface area contributed by atoms with Crippen LogP contribution in [-0.4, -0.2) is 34.9 Å². The van der Waals surface area contributed by atoms with Crippen molar-refractivity contribution in [3.05, 3.63) is 23.9 Å². The molecule has 0 saturated heterocycles. The molecule has 122 valence electrons. The Morgan fingerprint density at radius 3 is 3.05 bits per heavy atom. The third kappa shape index (κ3) is 5.44. The Balaban J connectivity index is 1.78. The summed E-state index contributed by atoms with van der Waals surface area (Å²) in [7, 11) is 0. The lowest BCUT2D eigenvalue weighted by molar-refractivity contribution is -0.0529. The second kappa shape index (κ2) is 7.88. The molecule has 0 aliphatic heterocycles. The molecule has 0 spiro atoms. The minimum atomic E-state index is -2.93. The van der Waals surface area contributed by atoms with Gasteiger partial charge in [-0.15, -0.1) is 0 Å². The molecule has 6 nitrogen and oxygen atoms in total. The van der Waals surface area contributed by atoms with E-state index in [2.05, 4.69) is 20.4 Å². The molecule has 1 aromatic heterocycles. The maximum absolute atomic E-state index is 12.1. The Morgan fingerprint density at radius 2 is 2.32 bits per heavy atom. The molecule has 2 atom stereocenters. The summed E-state index contributed by atoms with van der Waals surface area (Å²) < 4.78 is 28.4. The molecule has 1 heterocycles. The number of carbonyl (C=O) groups is 1. The van der Waals surface area contributed by atoms with Gasteiger partial charge in [-0.1, -0.05) is 0 Å². The first-order valence-electron chi connectivity index (χ1n) is 7.15. The lowest BCUT2D eigenvalue weighted by atomic mass is 9.93. The van der Waals surface area contributed by atoms with Gasteiger partial charge in [0.2, 0.25) is 5.88 Å². The number of rotatable bonds is 5. The third-order valence-corrected chi connectivity index (χ3v) is 3.44. The molecular weight excluding hydrogens is 296 g/mol. The zero-order valence-electron chi connectivity index (χ0n) is 12.0. The van der Waals surface area contributed by atoms with Gasteiger partial charge < -0.3 is 20.5 Å². The number of nitrogens with zero attached hydrogens (tertiary/aromatic N) is 1. The highest BCUT2D eigenvalue weighted by Gasteiger charge is 2.21. The average molecular weight is 315 g/mol. The SMILES string of the molecule is O=C(NCc1ccnc(OC(F)F)c1)N[C@H]1CCC[C@@H](O)C1. The number of pyridine rings is 1. The highest BCUT2D eigenvalue weighted by atomic mass is 19.3. The highest BCUT2D eigenvalue weighted by molar-refractivity contribution is 5.74. The molecular formula is C14H19F2N3O3. The van der Waals surface area contributed by atoms with Gasteiger partial charge >= 0.3 is 12.6 Å². The third-order valence-electron chi connectivity index (χ3n) is 3.44. The summed E-state index contributed by atoms with van der Waals surface area (Å²) in [6.07, 6.45) is 4.01. The fourth-order valence-corrected chi connectivity index (χ4v) is 2.43. The van der Waals surface area contributed by atoms with Crippen LogP contribution in [0.25, 0.3) is 0 Å². The zero-order valence-corrected chi connectivity index (χ0v) is 12.0. The summed E-state index contributed by atoms with van der Waals surface area (Å²) in [6, 6.07) is 2.55. The summed E-state index contributed by atoms with van der Waals surface area (Å²) in [6.45, 7) is -2.76. The summed E-state index contributed by atoms with van der Waals surface area (Å²) in [4.78, 5) is 15.4. The Hall–Kier alpha value is -1.96. The molecule has 1 aliphatic carbocycles. The molecule has 1 saturated carbocycles. The van der Waals surface area contributed by atoms with Gasteiger partial charge in [0, 0.05) is 24.8 Å². The van der Waals surface area contributed by atoms with Crippen LogP contribution in [0.1, 0.15) is 31.2 Å². The first kappa shape index (κ1) is 16.4. The van der Waals surface area contributed by atoms with E-state index in [4.69, 9.17) is 0 Å². The molecule has 0 radical (unpaired) electrons. The van der Waals surface area contributed by atoms with Crippen LogP contribution in [0.15, 0.2) is 18.3 Å². The van der Waals surface area contributed by atoms with E-state index in [1.165, 1.54) is 12.3 Å². The molecule has 1 fully saturated rings. The lowest BCUT2D eigenvalue weighted by Crippen LogP contribution is -2.44. The van der Waals surface area contributed by atoms with Gasteiger partial charge in [-0.2, -0.15) is 8.78 Å². The Labute approximate surface area is 126 Å². The van der Waals surface area contributed by atoms with Crippen LogP contribution in [0.3, 0.4) is 0 Å². The predicted molar refractivity (Wildman–Crippen MR) is 74.5 cm³/mol. The normalized spacial score (nSPS) is 21.5. The quantitative estimate of drug-likeness (QED) is 0.773. The first-order valence-corrected chi connectivity index (χ1v) is 7.15. The van der Waals surface area contributed by atoms with Crippen molar-refractivity contribution in [3.63, 3.8) is 0 Å². The van der Waals surface area contributed by atoms with Crippen molar-refractivity contribution in [1.29, 1.82) is 0 Å². The van der Waals surface area contributed by atoms with E-state index >= 15 is 0 Å². The van der Waals surface area contributed by atoms with Gasteiger partial charge in [0.25, 0.3) is 0 Å². The molecule has 0 unspecified atom stereocenters. The minimum Gasteiger partial charge on any atom is -0.417 e. The number of hydrogen-bond acceptors (Lipinski definition) is 4. The number of aromatic nitrogens is 1. The van der Waals surface area contributed by atoms with E-state index < -0.39 is 6.61 Å². The molecule has 3 N–H and O–H groups in total. The van der Waals surface area contributed by atoms with Crippen molar-refractivity contribution in [2.45, 2.75) is 51.0 Å². The summed E-state index contributed by atoms with van der Waals surface area (Å²) in [5.74, 6) is -0.190. The number of carbonyl (C=O) groups excluding carboxylic acids is 1. The predicted octanol–water partition coefficient (Wildman–Crippen LogP) is 1.79. The van der Waals surface area contributed by atoms with E-state index in [9.17, 15) is 18.7 Å². The van der Waals surface area contributed by atoms with Crippen molar-refractivity contribution in [2.24, 2.45) is 0 Å². The maximum Gasteiger partial charge on any atom is 0.388 e. The van der Waals surface area contributed by atoms with Crippen LogP contribution < -0.4 is 15.4 Å². The van der Waals surface area contributed by atoms with E-state index in [-0.39, 0.29) is 30.6 Å². The number of ether oxygens (including phenoxy) is 1. The van der Waals surface area contributed by atoms with Crippen LogP contribution in [0, 0.1) is 0 Å². The number of alkyl halides is 2. The van der Waals surface area contributed by atoms with Gasteiger partial charge in [-0.05, 0) is 37.3 Å². The lowest BCUT2D eigenvalue weighted by Gasteiger charge is -2.26. The molecule has 1 aliphatic rings. The second-order valence-corrected chi connectivity index (χ2v) is 5.23. The Kier molecular flexibility index (Phi) is 5.88. The van der Waals surface area contributed by atoms with E-state index in [0.29, 0.717) is 12.0 Å². The molecule has 1 aromatic rings. The highest BCUT2D eigenvalue weighted by Crippen LogP contribution is 2.18. The number of aliphatic hydroxyl groups excluding tert-OH is 1. The van der Waals surface area contributed by atoms with Crippen LogP contribution in [-0.2, 0) is 6.54 Å². The summed E-state index contributed by atoms with van der Waals surface area (Å²) in [5.41, 5.74) is 0.601. The molecule has 8 heteroatoms. The van der Waals surface area contributed by atoms with Gasteiger partial charge in [-0.25, -0.2) is 9.78 Å². The van der Waals surface area contributed by atoms with Crippen molar-refractivity contribution in [2.75, 3.05) is 0 Å². The van der Waals surface area contributed by atoms with Crippen LogP contribution >= 0.6 is 0 Å². The molecule has 2 amide bonds. The van der Waals surface area contributed by atoms with Crippen LogP contribution in [0.4, 0.5) is 13.6 Å². The number of halogens is 2. The standard InChI is InChI=1S/C14H19F2N3O3/c15-13(16)22-12-6-9(4-5-17-12)8-18-14(21)19-10-2-1-3-11(20)7-10/h4-6,10-11,13,20H,1-3,7-8H2,(H2,18,19,21)/t10-,11+/m0/s1. The summed E-state index contributed by atoms with van der Waals surface area (Å²) >= 11 is 0. The first-order chi connectivity index (χ1) is 10.5. The van der Waals surface area contributed by atoms with E-state index in [1.807, 2.05) is 0 Å². The average Bonchev–Trinajstić information content (AvgIpc) is 2.45. The van der Waals surface area contributed by atoms with Crippen molar-refractivity contribution >= 4 is 6.03 Å². The molecule has 22 heavy (non-hydrogen) atoms. The second-order valence-electron chi connectivity index (χ2n) is 5.23. The maximum atomic E-state index is 12.1. The number of hydrogen-bond donors (Lipinski definition) is 3. The smallest absolute Gasteiger partial charge is 0.388 e. The number of urea groups is 1. The van der Waals surface area contributed by atoms with Crippen molar-refractivity contribution < 1.29 is 23.4 Å². The zero-order chi connectivity index (χ0) is 15.9. The van der Waals surface area contributed by atoms with Crippen molar-refractivity contribution in [3.8, 4) is 5.88 Å². The number of amides is 2. The number of nitrogens with one attached hydrogen (secondary N) is 2. The van der Waals surface area contributed by atoms with Gasteiger partial charge in [-0.3, -0.25) is 0 Å². The van der Waals surface area contributed by atoms with Crippen LogP contribution in [0.2, 0.25) is 0 Å². The molecule has 0 aromatic carbocycles. The fraction of sp³-hybridized carbons (Fsp3) is 0.571. The van der Waals surface area contributed by atoms with Gasteiger partial charge in [0.05, 0.1) is 6.10 Å². The summed E-state index contributed by atoms with van der Waals surface area (Å²) in [5, 5.41) is 15.0. The molecule has 0 bridgehead atoms. The van der Waals surface area contributed by atoms with Gasteiger partial charge in [0.15, 0.2) is 0 Å². The Morgan fingerprint density at radius 1 is 1.50 bits per heavy atom. The monoisotopic (exact) mass is 315 g/mol. The minimum absolute atomic E-state index is 0.0427. The van der Waals surface area contributed by atoms with E-state index in [0.717, 1.165) is 19.3 Å². The Bertz CT molecular complexity index is 502. The fourth-order valence-electron chi connectivity index (χ4n) is 2.43. The van der Waals surface area contributed by atoms with E-state index in [1.54, 1.807) is 6.07 Å². The van der Waals surface area contributed by atoms with Crippen LogP contribution in [0.5, 0.6) is 5.88 Å². The van der Waals surface area contributed by atoms with Crippen molar-refractivity contribution in [1.82, 2.24) is 15.6 Å². The van der Waals surface area contributed by atoms with Gasteiger partial charge in [0.1, 0.15) is 0 Å². The molecule has 2 rings (SSSR count). The number of aliphatic hydroxyl groups is 1. The largest absolute Gasteiger partial charge is 0.417 e.